The molecule has 1 aromatic rings. The van der Waals surface area contributed by atoms with Gasteiger partial charge in [-0.1, -0.05) is 31.2 Å². The number of amides is 1. The predicted octanol–water partition coefficient (Wildman–Crippen LogP) is 2.33. The Morgan fingerprint density at radius 2 is 1.80 bits per heavy atom. The van der Waals surface area contributed by atoms with Crippen LogP contribution in [0.1, 0.15) is 30.9 Å². The van der Waals surface area contributed by atoms with Crippen molar-refractivity contribution in [3.8, 4) is 0 Å². The summed E-state index contributed by atoms with van der Waals surface area (Å²) < 4.78 is 0. The summed E-state index contributed by atoms with van der Waals surface area (Å²) in [5.74, 6) is 0.440. The number of rotatable bonds is 5. The second-order valence-corrected chi connectivity index (χ2v) is 5.24. The van der Waals surface area contributed by atoms with Gasteiger partial charge >= 0.3 is 0 Å². The van der Waals surface area contributed by atoms with E-state index in [0.29, 0.717) is 0 Å². The van der Waals surface area contributed by atoms with Gasteiger partial charge in [-0.15, -0.1) is 12.4 Å². The number of nitrogens with one attached hydrogen (secondary N) is 2. The van der Waals surface area contributed by atoms with Crippen LogP contribution < -0.4 is 10.6 Å². The van der Waals surface area contributed by atoms with Gasteiger partial charge in [-0.05, 0) is 49.9 Å². The number of piperidine rings is 1. The number of aryl methyl sites for hydroxylation is 1. The minimum atomic E-state index is 0. The maximum atomic E-state index is 11.9. The Balaban J connectivity index is 0.00000200. The first-order valence-electron chi connectivity index (χ1n) is 7.36. The number of carbonyl (C=O) groups is 1. The van der Waals surface area contributed by atoms with Gasteiger partial charge in [0.05, 0.1) is 0 Å². The van der Waals surface area contributed by atoms with Crippen LogP contribution in [0, 0.1) is 5.92 Å². The van der Waals surface area contributed by atoms with Crippen molar-refractivity contribution in [3.63, 3.8) is 0 Å². The summed E-state index contributed by atoms with van der Waals surface area (Å²) in [5.41, 5.74) is 2.66. The number of benzene rings is 1. The van der Waals surface area contributed by atoms with Crippen molar-refractivity contribution in [2.75, 3.05) is 19.6 Å². The molecule has 20 heavy (non-hydrogen) atoms. The Kier molecular flexibility index (Phi) is 7.63. The van der Waals surface area contributed by atoms with Crippen LogP contribution >= 0.6 is 12.4 Å². The molecule has 0 spiro atoms. The Labute approximate surface area is 127 Å². The number of hydrogen-bond donors (Lipinski definition) is 2. The lowest BCUT2D eigenvalue weighted by molar-refractivity contribution is -0.125. The van der Waals surface area contributed by atoms with Gasteiger partial charge in [0, 0.05) is 12.5 Å². The summed E-state index contributed by atoms with van der Waals surface area (Å²) in [6.07, 6.45) is 3.93. The molecule has 1 aromatic carbocycles. The topological polar surface area (TPSA) is 41.1 Å². The Morgan fingerprint density at radius 3 is 2.40 bits per heavy atom. The molecule has 3 nitrogen and oxygen atoms in total. The number of hydrogen-bond acceptors (Lipinski definition) is 2. The molecule has 1 saturated heterocycles. The average Bonchev–Trinajstić information content (AvgIpc) is 2.49. The highest BCUT2D eigenvalue weighted by Crippen LogP contribution is 2.11. The molecule has 0 bridgehead atoms. The van der Waals surface area contributed by atoms with Crippen molar-refractivity contribution in [2.24, 2.45) is 5.92 Å². The Bertz CT molecular complexity index is 399. The fourth-order valence-electron chi connectivity index (χ4n) is 2.50. The third-order valence-electron chi connectivity index (χ3n) is 3.85. The van der Waals surface area contributed by atoms with Crippen LogP contribution in [0.15, 0.2) is 24.3 Å². The van der Waals surface area contributed by atoms with Gasteiger partial charge < -0.3 is 10.6 Å². The molecule has 1 amide bonds. The molecule has 0 radical (unpaired) electrons. The zero-order valence-corrected chi connectivity index (χ0v) is 13.0. The van der Waals surface area contributed by atoms with Gasteiger partial charge in [0.15, 0.2) is 0 Å². The molecule has 4 heteroatoms. The van der Waals surface area contributed by atoms with E-state index in [1.165, 1.54) is 11.1 Å². The smallest absolute Gasteiger partial charge is 0.223 e. The molecule has 0 atom stereocenters. The standard InChI is InChI=1S/C16H24N2O.ClH/c1-2-13-3-5-14(6-4-13)7-12-18-16(19)15-8-10-17-11-9-15;/h3-6,15,17H,2,7-12H2,1H3,(H,18,19);1H. The fourth-order valence-corrected chi connectivity index (χ4v) is 2.50. The van der Waals surface area contributed by atoms with Crippen molar-refractivity contribution in [1.82, 2.24) is 10.6 Å². The molecule has 0 aromatic heterocycles. The van der Waals surface area contributed by atoms with E-state index in [0.717, 1.165) is 45.3 Å². The van der Waals surface area contributed by atoms with E-state index in [4.69, 9.17) is 0 Å². The second kappa shape index (κ2) is 8.98. The quantitative estimate of drug-likeness (QED) is 0.875. The Hall–Kier alpha value is -1.06. The minimum Gasteiger partial charge on any atom is -0.356 e. The van der Waals surface area contributed by atoms with Crippen LogP contribution in [0.3, 0.4) is 0 Å². The monoisotopic (exact) mass is 296 g/mol. The molecule has 0 unspecified atom stereocenters. The van der Waals surface area contributed by atoms with Crippen molar-refractivity contribution in [1.29, 1.82) is 0 Å². The lowest BCUT2D eigenvalue weighted by Gasteiger charge is -2.21. The number of carbonyl (C=O) groups excluding carboxylic acids is 1. The first-order valence-corrected chi connectivity index (χ1v) is 7.36. The summed E-state index contributed by atoms with van der Waals surface area (Å²) in [6, 6.07) is 8.67. The Morgan fingerprint density at radius 1 is 1.20 bits per heavy atom. The highest BCUT2D eigenvalue weighted by Gasteiger charge is 2.19. The van der Waals surface area contributed by atoms with E-state index < -0.39 is 0 Å². The zero-order chi connectivity index (χ0) is 13.5. The summed E-state index contributed by atoms with van der Waals surface area (Å²) in [4.78, 5) is 11.9. The van der Waals surface area contributed by atoms with E-state index in [1.54, 1.807) is 0 Å². The zero-order valence-electron chi connectivity index (χ0n) is 12.2. The van der Waals surface area contributed by atoms with Crippen LogP contribution in [0.5, 0.6) is 0 Å². The highest BCUT2D eigenvalue weighted by molar-refractivity contribution is 5.85. The molecule has 2 N–H and O–H groups in total. The third kappa shape index (κ3) is 5.14. The minimum absolute atomic E-state index is 0. The molecule has 1 fully saturated rings. The largest absolute Gasteiger partial charge is 0.356 e. The van der Waals surface area contributed by atoms with Gasteiger partial charge in [0.1, 0.15) is 0 Å². The van der Waals surface area contributed by atoms with Crippen LogP contribution in [0.25, 0.3) is 0 Å². The van der Waals surface area contributed by atoms with Crippen molar-refractivity contribution >= 4 is 18.3 Å². The van der Waals surface area contributed by atoms with Crippen LogP contribution in [0.4, 0.5) is 0 Å². The molecular formula is C16H25ClN2O. The van der Waals surface area contributed by atoms with E-state index in [1.807, 2.05) is 0 Å². The lowest BCUT2D eigenvalue weighted by atomic mass is 9.97. The van der Waals surface area contributed by atoms with Gasteiger partial charge in [-0.2, -0.15) is 0 Å². The molecule has 0 aliphatic carbocycles. The molecule has 1 aliphatic rings. The van der Waals surface area contributed by atoms with Gasteiger partial charge in [-0.25, -0.2) is 0 Å². The molecule has 112 valence electrons. The van der Waals surface area contributed by atoms with Gasteiger partial charge in [0.2, 0.25) is 5.91 Å². The van der Waals surface area contributed by atoms with Crippen molar-refractivity contribution in [2.45, 2.75) is 32.6 Å². The maximum absolute atomic E-state index is 11.9. The molecule has 0 saturated carbocycles. The third-order valence-corrected chi connectivity index (χ3v) is 3.85. The fraction of sp³-hybridized carbons (Fsp3) is 0.562. The van der Waals surface area contributed by atoms with Gasteiger partial charge in [-0.3, -0.25) is 4.79 Å². The highest BCUT2D eigenvalue weighted by atomic mass is 35.5. The first kappa shape index (κ1) is 17.0. The second-order valence-electron chi connectivity index (χ2n) is 5.24. The molecule has 2 rings (SSSR count). The predicted molar refractivity (Wildman–Crippen MR) is 85.4 cm³/mol. The molecular weight excluding hydrogens is 272 g/mol. The SMILES string of the molecule is CCc1ccc(CCNC(=O)C2CCNCC2)cc1.Cl. The van der Waals surface area contributed by atoms with E-state index in [9.17, 15) is 4.79 Å². The summed E-state index contributed by atoms with van der Waals surface area (Å²) in [5, 5.41) is 6.35. The van der Waals surface area contributed by atoms with Crippen molar-refractivity contribution in [3.05, 3.63) is 35.4 Å². The van der Waals surface area contributed by atoms with Crippen LogP contribution in [0.2, 0.25) is 0 Å². The van der Waals surface area contributed by atoms with Crippen LogP contribution in [-0.2, 0) is 17.6 Å². The summed E-state index contributed by atoms with van der Waals surface area (Å²) in [6.45, 7) is 4.84. The van der Waals surface area contributed by atoms with E-state index in [-0.39, 0.29) is 24.2 Å². The van der Waals surface area contributed by atoms with Gasteiger partial charge in [0.25, 0.3) is 0 Å². The first-order chi connectivity index (χ1) is 9.29. The summed E-state index contributed by atoms with van der Waals surface area (Å²) >= 11 is 0. The number of halogens is 1. The maximum Gasteiger partial charge on any atom is 0.223 e. The normalized spacial score (nSPS) is 15.4. The van der Waals surface area contributed by atoms with Crippen LogP contribution in [-0.4, -0.2) is 25.5 Å². The lowest BCUT2D eigenvalue weighted by Crippen LogP contribution is -2.38. The molecule has 1 aliphatic heterocycles. The van der Waals surface area contributed by atoms with E-state index in [2.05, 4.69) is 41.8 Å². The van der Waals surface area contributed by atoms with Crippen molar-refractivity contribution < 1.29 is 4.79 Å². The van der Waals surface area contributed by atoms with E-state index >= 15 is 0 Å². The average molecular weight is 297 g/mol. The molecule has 1 heterocycles. The summed E-state index contributed by atoms with van der Waals surface area (Å²) in [7, 11) is 0.